The highest BCUT2D eigenvalue weighted by Crippen LogP contribution is 2.08. The zero-order valence-electron chi connectivity index (χ0n) is 9.20. The second kappa shape index (κ2) is 5.57. The molecule has 0 aliphatic carbocycles. The normalized spacial score (nSPS) is 9.38. The van der Waals surface area contributed by atoms with Crippen LogP contribution in [0.25, 0.3) is 0 Å². The smallest absolute Gasteiger partial charge is 0.236 e. The molecule has 13 heavy (non-hydrogen) atoms. The van der Waals surface area contributed by atoms with Gasteiger partial charge < -0.3 is 0 Å². The lowest BCUT2D eigenvalue weighted by molar-refractivity contribution is -0.910. The summed E-state index contributed by atoms with van der Waals surface area (Å²) in [6, 6.07) is 3.95. The summed E-state index contributed by atoms with van der Waals surface area (Å²) in [5, 5.41) is 9.38. The van der Waals surface area contributed by atoms with E-state index in [-0.39, 0.29) is 0 Å². The number of aryl methyl sites for hydroxylation is 1. The van der Waals surface area contributed by atoms with Crippen molar-refractivity contribution in [2.45, 2.75) is 40.5 Å². The van der Waals surface area contributed by atoms with Crippen molar-refractivity contribution < 1.29 is 9.94 Å². The minimum Gasteiger partial charge on any atom is -0.285 e. The molecule has 0 bridgehead atoms. The average molecular weight is 182 g/mol. The first-order valence-corrected chi connectivity index (χ1v) is 4.82. The van der Waals surface area contributed by atoms with E-state index in [1.165, 1.54) is 4.73 Å². The van der Waals surface area contributed by atoms with E-state index >= 15 is 0 Å². The number of hydrogen-bond acceptors (Lipinski definition) is 1. The van der Waals surface area contributed by atoms with E-state index in [0.29, 0.717) is 5.92 Å². The van der Waals surface area contributed by atoms with E-state index in [1.54, 1.807) is 6.20 Å². The molecule has 0 aliphatic rings. The Morgan fingerprint density at radius 3 is 2.15 bits per heavy atom. The van der Waals surface area contributed by atoms with Crippen LogP contribution in [0.3, 0.4) is 0 Å². The molecule has 0 aliphatic heterocycles. The van der Waals surface area contributed by atoms with E-state index in [0.717, 1.165) is 11.3 Å². The highest BCUT2D eigenvalue weighted by Gasteiger charge is 2.12. The Morgan fingerprint density at radius 2 is 1.77 bits per heavy atom. The van der Waals surface area contributed by atoms with Crippen LogP contribution in [0.2, 0.25) is 0 Å². The number of rotatable bonds is 1. The van der Waals surface area contributed by atoms with Gasteiger partial charge in [0.1, 0.15) is 0 Å². The van der Waals surface area contributed by atoms with E-state index in [4.69, 9.17) is 0 Å². The fourth-order valence-corrected chi connectivity index (χ4v) is 1.06. The van der Waals surface area contributed by atoms with Crippen LogP contribution in [-0.4, -0.2) is 5.21 Å². The van der Waals surface area contributed by atoms with Crippen LogP contribution in [-0.2, 0) is 0 Å². The summed E-state index contributed by atoms with van der Waals surface area (Å²) in [6.45, 7) is 10.1. The van der Waals surface area contributed by atoms with Gasteiger partial charge in [0.25, 0.3) is 0 Å². The maximum atomic E-state index is 9.38. The standard InChI is InChI=1S/C9H14NO.C2H6/c1-7(2)9-5-4-8(3)6-10(9)11;1-2/h4-7,11H,1-3H3;1-2H3/q+1;. The van der Waals surface area contributed by atoms with Gasteiger partial charge in [-0.05, 0) is 13.0 Å². The van der Waals surface area contributed by atoms with Crippen LogP contribution < -0.4 is 4.73 Å². The molecule has 74 valence electrons. The predicted octanol–water partition coefficient (Wildman–Crippen LogP) is 2.67. The van der Waals surface area contributed by atoms with Crippen molar-refractivity contribution in [1.82, 2.24) is 0 Å². The molecule has 1 aromatic heterocycles. The third-order valence-corrected chi connectivity index (χ3v) is 1.70. The third kappa shape index (κ3) is 3.45. The first-order chi connectivity index (χ1) is 6.11. The molecule has 2 heteroatoms. The van der Waals surface area contributed by atoms with Gasteiger partial charge in [-0.2, -0.15) is 0 Å². The summed E-state index contributed by atoms with van der Waals surface area (Å²) in [5.74, 6) is 0.362. The van der Waals surface area contributed by atoms with Crippen LogP contribution in [0.4, 0.5) is 0 Å². The molecule has 1 heterocycles. The van der Waals surface area contributed by atoms with Gasteiger partial charge in [0.15, 0.2) is 0 Å². The van der Waals surface area contributed by atoms with Gasteiger partial charge in [-0.25, -0.2) is 0 Å². The largest absolute Gasteiger partial charge is 0.285 e. The van der Waals surface area contributed by atoms with Crippen LogP contribution in [0.15, 0.2) is 18.3 Å². The Hall–Kier alpha value is -1.05. The zero-order chi connectivity index (χ0) is 10.4. The van der Waals surface area contributed by atoms with Crippen molar-refractivity contribution in [2.75, 3.05) is 0 Å². The summed E-state index contributed by atoms with van der Waals surface area (Å²) in [5.41, 5.74) is 2.01. The van der Waals surface area contributed by atoms with Crippen molar-refractivity contribution in [3.05, 3.63) is 29.6 Å². The van der Waals surface area contributed by atoms with E-state index in [2.05, 4.69) is 13.8 Å². The predicted molar refractivity (Wildman–Crippen MR) is 54.0 cm³/mol. The Bertz CT molecular complexity index is 256. The third-order valence-electron chi connectivity index (χ3n) is 1.70. The molecule has 1 aromatic rings. The fourth-order valence-electron chi connectivity index (χ4n) is 1.06. The van der Waals surface area contributed by atoms with Gasteiger partial charge in [0.2, 0.25) is 11.9 Å². The molecule has 0 saturated heterocycles. The number of hydrogen-bond donors (Lipinski definition) is 1. The first kappa shape index (κ1) is 11.9. The lowest BCUT2D eigenvalue weighted by Gasteiger charge is -1.99. The average Bonchev–Trinajstić information content (AvgIpc) is 2.07. The van der Waals surface area contributed by atoms with Crippen LogP contribution >= 0.6 is 0 Å². The van der Waals surface area contributed by atoms with E-state index < -0.39 is 0 Å². The second-order valence-corrected chi connectivity index (χ2v) is 3.13. The molecule has 0 fully saturated rings. The van der Waals surface area contributed by atoms with Crippen LogP contribution in [0.5, 0.6) is 0 Å². The van der Waals surface area contributed by atoms with E-state index in [9.17, 15) is 5.21 Å². The highest BCUT2D eigenvalue weighted by atomic mass is 16.5. The zero-order valence-corrected chi connectivity index (χ0v) is 9.20. The van der Waals surface area contributed by atoms with Gasteiger partial charge in [-0.15, -0.1) is 0 Å². The van der Waals surface area contributed by atoms with Crippen LogP contribution in [0, 0.1) is 6.92 Å². The molecular formula is C11H20NO+. The van der Waals surface area contributed by atoms with E-state index in [1.807, 2.05) is 32.9 Å². The molecule has 0 amide bonds. The number of pyridine rings is 1. The molecule has 0 radical (unpaired) electrons. The van der Waals surface area contributed by atoms with Gasteiger partial charge >= 0.3 is 0 Å². The summed E-state index contributed by atoms with van der Waals surface area (Å²) in [6.07, 6.45) is 1.72. The fraction of sp³-hybridized carbons (Fsp3) is 0.545. The van der Waals surface area contributed by atoms with Crippen molar-refractivity contribution in [2.24, 2.45) is 0 Å². The molecule has 2 nitrogen and oxygen atoms in total. The highest BCUT2D eigenvalue weighted by molar-refractivity contribution is 5.08. The molecule has 0 spiro atoms. The quantitative estimate of drug-likeness (QED) is 0.524. The Labute approximate surface area is 80.8 Å². The lowest BCUT2D eigenvalue weighted by Crippen LogP contribution is -2.35. The maximum Gasteiger partial charge on any atom is 0.236 e. The maximum absolute atomic E-state index is 9.38. The van der Waals surface area contributed by atoms with Gasteiger partial charge in [-0.1, -0.05) is 27.7 Å². The number of nitrogens with zero attached hydrogens (tertiary/aromatic N) is 1. The van der Waals surface area contributed by atoms with Gasteiger partial charge in [-0.3, -0.25) is 5.21 Å². The van der Waals surface area contributed by atoms with Crippen molar-refractivity contribution in [3.63, 3.8) is 0 Å². The minimum absolute atomic E-state index is 0.362. The second-order valence-electron chi connectivity index (χ2n) is 3.13. The molecule has 0 atom stereocenters. The lowest BCUT2D eigenvalue weighted by atomic mass is 10.1. The summed E-state index contributed by atoms with van der Waals surface area (Å²) in [4.78, 5) is 0. The molecule has 0 saturated carbocycles. The van der Waals surface area contributed by atoms with Crippen molar-refractivity contribution >= 4 is 0 Å². The van der Waals surface area contributed by atoms with Crippen molar-refractivity contribution in [1.29, 1.82) is 0 Å². The summed E-state index contributed by atoms with van der Waals surface area (Å²) in [7, 11) is 0. The molecule has 0 aromatic carbocycles. The molecule has 0 unspecified atom stereocenters. The summed E-state index contributed by atoms with van der Waals surface area (Å²) < 4.78 is 1.19. The topological polar surface area (TPSA) is 24.1 Å². The SMILES string of the molecule is CC.Cc1ccc(C(C)C)[n+](O)c1. The molecular weight excluding hydrogens is 162 g/mol. The van der Waals surface area contributed by atoms with Gasteiger partial charge in [0.05, 0.1) is 0 Å². The minimum atomic E-state index is 0.362. The Kier molecular flexibility index (Phi) is 5.12. The summed E-state index contributed by atoms with van der Waals surface area (Å²) >= 11 is 0. The monoisotopic (exact) mass is 182 g/mol. The van der Waals surface area contributed by atoms with Crippen LogP contribution in [0.1, 0.15) is 44.9 Å². The van der Waals surface area contributed by atoms with Gasteiger partial charge in [0, 0.05) is 22.3 Å². The van der Waals surface area contributed by atoms with Crippen molar-refractivity contribution in [3.8, 4) is 0 Å². The Balaban J connectivity index is 0.000000671. The molecule has 1 rings (SSSR count). The number of aromatic nitrogens is 1. The first-order valence-electron chi connectivity index (χ1n) is 4.82. The molecule has 1 N–H and O–H groups in total. The Morgan fingerprint density at radius 1 is 1.23 bits per heavy atom.